The number of hydrogen-bond acceptors (Lipinski definition) is 4. The van der Waals surface area contributed by atoms with Crippen LogP contribution in [0.3, 0.4) is 0 Å². The highest BCUT2D eigenvalue weighted by atomic mass is 32.2. The Labute approximate surface area is 94.6 Å². The first-order valence-electron chi connectivity index (χ1n) is 5.05. The van der Waals surface area contributed by atoms with Gasteiger partial charge in [-0.1, -0.05) is 13.0 Å². The summed E-state index contributed by atoms with van der Waals surface area (Å²) < 4.78 is 0. The fourth-order valence-corrected chi connectivity index (χ4v) is 2.35. The number of rotatable bonds is 5. The fourth-order valence-electron chi connectivity index (χ4n) is 1.25. The van der Waals surface area contributed by atoms with E-state index in [1.54, 1.807) is 24.9 Å². The van der Waals surface area contributed by atoms with Crippen molar-refractivity contribution in [2.45, 2.75) is 36.6 Å². The van der Waals surface area contributed by atoms with Gasteiger partial charge in [0.1, 0.15) is 5.03 Å². The van der Waals surface area contributed by atoms with Crippen LogP contribution < -0.4 is 0 Å². The average Bonchev–Trinajstić information content (AvgIpc) is 2.18. The van der Waals surface area contributed by atoms with Gasteiger partial charge in [0.15, 0.2) is 0 Å². The van der Waals surface area contributed by atoms with Crippen LogP contribution in [0, 0.1) is 0 Å². The van der Waals surface area contributed by atoms with Gasteiger partial charge in [-0.25, -0.2) is 4.98 Å². The zero-order valence-corrected chi connectivity index (χ0v) is 9.87. The SMILES string of the molecule is CC(CCO)Sc1ncccc1[C@@H](C)O. The van der Waals surface area contributed by atoms with E-state index in [-0.39, 0.29) is 6.61 Å². The number of aromatic nitrogens is 1. The van der Waals surface area contributed by atoms with E-state index >= 15 is 0 Å². The van der Waals surface area contributed by atoms with Crippen LogP contribution in [0.1, 0.15) is 31.9 Å². The van der Waals surface area contributed by atoms with Crippen molar-refractivity contribution < 1.29 is 10.2 Å². The molecule has 1 heterocycles. The maximum absolute atomic E-state index is 9.54. The summed E-state index contributed by atoms with van der Waals surface area (Å²) in [5.74, 6) is 0. The molecule has 0 aliphatic carbocycles. The van der Waals surface area contributed by atoms with Crippen LogP contribution in [-0.2, 0) is 0 Å². The lowest BCUT2D eigenvalue weighted by molar-refractivity contribution is 0.195. The Morgan fingerprint density at radius 3 is 2.80 bits per heavy atom. The van der Waals surface area contributed by atoms with Gasteiger partial charge in [0, 0.05) is 23.6 Å². The Balaban J connectivity index is 2.75. The van der Waals surface area contributed by atoms with Crippen LogP contribution in [-0.4, -0.2) is 27.1 Å². The molecule has 0 radical (unpaired) electrons. The van der Waals surface area contributed by atoms with E-state index in [0.29, 0.717) is 5.25 Å². The van der Waals surface area contributed by atoms with E-state index in [1.807, 2.05) is 19.1 Å². The highest BCUT2D eigenvalue weighted by Gasteiger charge is 2.12. The van der Waals surface area contributed by atoms with Gasteiger partial charge in [0.2, 0.25) is 0 Å². The molecule has 2 N–H and O–H groups in total. The van der Waals surface area contributed by atoms with E-state index < -0.39 is 6.10 Å². The van der Waals surface area contributed by atoms with Crippen LogP contribution in [0.25, 0.3) is 0 Å². The third-order valence-corrected chi connectivity index (χ3v) is 3.30. The monoisotopic (exact) mass is 227 g/mol. The normalized spacial score (nSPS) is 14.9. The van der Waals surface area contributed by atoms with Crippen molar-refractivity contribution in [1.29, 1.82) is 0 Å². The quantitative estimate of drug-likeness (QED) is 0.755. The highest BCUT2D eigenvalue weighted by molar-refractivity contribution is 7.99. The number of thioether (sulfide) groups is 1. The lowest BCUT2D eigenvalue weighted by atomic mass is 10.2. The Morgan fingerprint density at radius 2 is 2.20 bits per heavy atom. The van der Waals surface area contributed by atoms with E-state index in [9.17, 15) is 5.11 Å². The minimum Gasteiger partial charge on any atom is -0.396 e. The van der Waals surface area contributed by atoms with Gasteiger partial charge in [0.05, 0.1) is 6.10 Å². The first-order chi connectivity index (χ1) is 7.15. The van der Waals surface area contributed by atoms with Crippen LogP contribution >= 0.6 is 11.8 Å². The van der Waals surface area contributed by atoms with Crippen LogP contribution in [0.5, 0.6) is 0 Å². The van der Waals surface area contributed by atoms with Gasteiger partial charge in [0.25, 0.3) is 0 Å². The summed E-state index contributed by atoms with van der Waals surface area (Å²) >= 11 is 1.59. The van der Waals surface area contributed by atoms with Crippen molar-refractivity contribution in [2.75, 3.05) is 6.61 Å². The molecule has 1 rings (SSSR count). The molecule has 0 saturated heterocycles. The number of aliphatic hydroxyl groups excluding tert-OH is 2. The zero-order valence-electron chi connectivity index (χ0n) is 9.05. The molecule has 1 aromatic heterocycles. The second-order valence-corrected chi connectivity index (χ2v) is 4.94. The third-order valence-electron chi connectivity index (χ3n) is 2.10. The van der Waals surface area contributed by atoms with Crippen molar-refractivity contribution in [3.8, 4) is 0 Å². The fraction of sp³-hybridized carbons (Fsp3) is 0.545. The lowest BCUT2D eigenvalue weighted by Crippen LogP contribution is -2.03. The molecule has 0 aliphatic rings. The standard InChI is InChI=1S/C11H17NO2S/c1-8(5-7-13)15-11-10(9(2)14)4-3-6-12-11/h3-4,6,8-9,13-14H,5,7H2,1-2H3/t8?,9-/m1/s1. The Hall–Kier alpha value is -0.580. The number of aliphatic hydroxyl groups is 2. The molecule has 3 nitrogen and oxygen atoms in total. The summed E-state index contributed by atoms with van der Waals surface area (Å²) in [6, 6.07) is 3.70. The van der Waals surface area contributed by atoms with Gasteiger partial charge in [-0.05, 0) is 19.4 Å². The summed E-state index contributed by atoms with van der Waals surface area (Å²) in [6.45, 7) is 3.96. The Morgan fingerprint density at radius 1 is 1.47 bits per heavy atom. The van der Waals surface area contributed by atoms with E-state index in [1.165, 1.54) is 0 Å². The molecule has 2 atom stereocenters. The van der Waals surface area contributed by atoms with Gasteiger partial charge in [-0.2, -0.15) is 0 Å². The molecule has 84 valence electrons. The Bertz CT molecular complexity index is 304. The molecule has 0 aromatic carbocycles. The molecule has 1 unspecified atom stereocenters. The van der Waals surface area contributed by atoms with E-state index in [0.717, 1.165) is 17.0 Å². The van der Waals surface area contributed by atoms with Crippen LogP contribution in [0.15, 0.2) is 23.4 Å². The largest absolute Gasteiger partial charge is 0.396 e. The molecule has 0 bridgehead atoms. The summed E-state index contributed by atoms with van der Waals surface area (Å²) in [5, 5.41) is 19.5. The van der Waals surface area contributed by atoms with Crippen molar-refractivity contribution in [1.82, 2.24) is 4.98 Å². The first-order valence-corrected chi connectivity index (χ1v) is 5.93. The van der Waals surface area contributed by atoms with E-state index in [4.69, 9.17) is 5.11 Å². The van der Waals surface area contributed by atoms with Gasteiger partial charge in [-0.3, -0.25) is 0 Å². The molecule has 0 saturated carbocycles. The third kappa shape index (κ3) is 3.81. The predicted molar refractivity (Wildman–Crippen MR) is 61.9 cm³/mol. The van der Waals surface area contributed by atoms with E-state index in [2.05, 4.69) is 4.98 Å². The second-order valence-electron chi connectivity index (χ2n) is 3.51. The topological polar surface area (TPSA) is 53.4 Å². The molecule has 15 heavy (non-hydrogen) atoms. The smallest absolute Gasteiger partial charge is 0.102 e. The Kier molecular flexibility index (Phi) is 5.08. The van der Waals surface area contributed by atoms with Crippen molar-refractivity contribution in [3.63, 3.8) is 0 Å². The summed E-state index contributed by atoms with van der Waals surface area (Å²) in [5.41, 5.74) is 0.854. The van der Waals surface area contributed by atoms with Crippen LogP contribution in [0.4, 0.5) is 0 Å². The molecule has 4 heteroatoms. The predicted octanol–water partition coefficient (Wildman–Crippen LogP) is 2.00. The maximum Gasteiger partial charge on any atom is 0.102 e. The zero-order chi connectivity index (χ0) is 11.3. The van der Waals surface area contributed by atoms with Gasteiger partial charge in [-0.15, -0.1) is 11.8 Å². The molecule has 0 amide bonds. The molecule has 0 spiro atoms. The summed E-state index contributed by atoms with van der Waals surface area (Å²) in [4.78, 5) is 4.24. The molecule has 1 aromatic rings. The molecular weight excluding hydrogens is 210 g/mol. The highest BCUT2D eigenvalue weighted by Crippen LogP contribution is 2.29. The lowest BCUT2D eigenvalue weighted by Gasteiger charge is -2.13. The van der Waals surface area contributed by atoms with Crippen molar-refractivity contribution >= 4 is 11.8 Å². The van der Waals surface area contributed by atoms with Crippen molar-refractivity contribution in [3.05, 3.63) is 23.9 Å². The first kappa shape index (κ1) is 12.5. The average molecular weight is 227 g/mol. The second kappa shape index (κ2) is 6.10. The molecule has 0 aliphatic heterocycles. The number of hydrogen-bond donors (Lipinski definition) is 2. The number of nitrogens with zero attached hydrogens (tertiary/aromatic N) is 1. The van der Waals surface area contributed by atoms with Crippen molar-refractivity contribution in [2.24, 2.45) is 0 Å². The minimum atomic E-state index is -0.498. The van der Waals surface area contributed by atoms with Crippen LogP contribution in [0.2, 0.25) is 0 Å². The number of pyridine rings is 1. The molecular formula is C11H17NO2S. The molecule has 0 fully saturated rings. The maximum atomic E-state index is 9.54. The van der Waals surface area contributed by atoms with Gasteiger partial charge >= 0.3 is 0 Å². The summed E-state index contributed by atoms with van der Waals surface area (Å²) in [7, 11) is 0. The minimum absolute atomic E-state index is 0.186. The van der Waals surface area contributed by atoms with Gasteiger partial charge < -0.3 is 10.2 Å². The summed E-state index contributed by atoms with van der Waals surface area (Å²) in [6.07, 6.45) is 1.96.